The zero-order valence-corrected chi connectivity index (χ0v) is 22.8. The van der Waals surface area contributed by atoms with Crippen LogP contribution in [-0.4, -0.2) is 29.1 Å². The van der Waals surface area contributed by atoms with E-state index in [9.17, 15) is 18.4 Å². The van der Waals surface area contributed by atoms with E-state index in [-0.39, 0.29) is 29.9 Å². The Kier molecular flexibility index (Phi) is 7.74. The first-order valence-electron chi connectivity index (χ1n) is 13.6. The number of ether oxygens (including phenoxy) is 1. The first kappa shape index (κ1) is 27.5. The SMILES string of the molecule is O=C(c1ccccc1)c1ccc(Oc2ccc(NC(=O)N3CC(c4ccc(F)cc4)C(c4ccc(F)cc4)=N3)cc2)cc1. The van der Waals surface area contributed by atoms with Crippen LogP contribution in [0.3, 0.4) is 0 Å². The van der Waals surface area contributed by atoms with E-state index in [0.29, 0.717) is 39.6 Å². The van der Waals surface area contributed by atoms with Crippen molar-refractivity contribution in [1.82, 2.24) is 5.01 Å². The Morgan fingerprint density at radius 1 is 0.698 bits per heavy atom. The molecular weight excluding hydrogens is 548 g/mol. The third-order valence-corrected chi connectivity index (χ3v) is 7.05. The molecule has 1 aliphatic rings. The number of nitrogens with one attached hydrogen (secondary N) is 1. The maximum atomic E-state index is 13.6. The number of rotatable bonds is 7. The fraction of sp³-hybridized carbons (Fsp3) is 0.0571. The highest BCUT2D eigenvalue weighted by atomic mass is 19.1. The second-order valence-electron chi connectivity index (χ2n) is 9.95. The van der Waals surface area contributed by atoms with E-state index in [1.807, 2.05) is 18.2 Å². The minimum atomic E-state index is -0.448. The van der Waals surface area contributed by atoms with E-state index >= 15 is 0 Å². The highest BCUT2D eigenvalue weighted by Gasteiger charge is 2.32. The molecule has 0 spiro atoms. The van der Waals surface area contributed by atoms with Gasteiger partial charge in [0.05, 0.1) is 12.3 Å². The first-order valence-corrected chi connectivity index (χ1v) is 13.6. The van der Waals surface area contributed by atoms with Gasteiger partial charge in [0.2, 0.25) is 0 Å². The Hall–Kier alpha value is -5.63. The summed E-state index contributed by atoms with van der Waals surface area (Å²) in [5.74, 6) is -0.00956. The summed E-state index contributed by atoms with van der Waals surface area (Å²) in [6.45, 7) is 0.230. The van der Waals surface area contributed by atoms with E-state index in [4.69, 9.17) is 4.74 Å². The molecule has 1 unspecified atom stereocenters. The maximum absolute atomic E-state index is 13.6. The number of hydrogen-bond donors (Lipinski definition) is 1. The second kappa shape index (κ2) is 12.1. The molecule has 2 amide bonds. The van der Waals surface area contributed by atoms with Gasteiger partial charge in [-0.05, 0) is 83.9 Å². The largest absolute Gasteiger partial charge is 0.457 e. The molecule has 0 fully saturated rings. The molecule has 0 bridgehead atoms. The summed E-state index contributed by atoms with van der Waals surface area (Å²) in [6.07, 6.45) is 0. The zero-order chi connectivity index (χ0) is 29.8. The number of carbonyl (C=O) groups is 2. The third-order valence-electron chi connectivity index (χ3n) is 7.05. The molecule has 5 aromatic carbocycles. The Labute approximate surface area is 246 Å². The predicted molar refractivity (Wildman–Crippen MR) is 161 cm³/mol. The van der Waals surface area contributed by atoms with Gasteiger partial charge < -0.3 is 10.1 Å². The molecule has 6 nitrogen and oxygen atoms in total. The highest BCUT2D eigenvalue weighted by Crippen LogP contribution is 2.30. The summed E-state index contributed by atoms with van der Waals surface area (Å²) in [5, 5.41) is 8.70. The fourth-order valence-electron chi connectivity index (χ4n) is 4.83. The quantitative estimate of drug-likeness (QED) is 0.201. The van der Waals surface area contributed by atoms with Gasteiger partial charge in [-0.25, -0.2) is 18.6 Å². The van der Waals surface area contributed by atoms with Crippen LogP contribution >= 0.6 is 0 Å². The Bertz CT molecular complexity index is 1770. The molecule has 1 aliphatic heterocycles. The minimum Gasteiger partial charge on any atom is -0.457 e. The Morgan fingerprint density at radius 3 is 1.88 bits per heavy atom. The molecule has 0 aliphatic carbocycles. The van der Waals surface area contributed by atoms with Crippen molar-refractivity contribution in [2.75, 3.05) is 11.9 Å². The van der Waals surface area contributed by atoms with Crippen molar-refractivity contribution in [3.8, 4) is 11.5 Å². The number of ketones is 1. The van der Waals surface area contributed by atoms with Gasteiger partial charge in [0, 0.05) is 22.7 Å². The van der Waals surface area contributed by atoms with Crippen LogP contribution in [0.25, 0.3) is 0 Å². The van der Waals surface area contributed by atoms with Crippen LogP contribution in [0.1, 0.15) is 33.0 Å². The standard InChI is InChI=1S/C35H25F2N3O3/c36-27-12-6-23(7-13-27)32-22-40(39-33(32)24-8-14-28(37)15-9-24)35(42)38-29-16-20-31(21-17-29)43-30-18-10-26(11-19-30)34(41)25-4-2-1-3-5-25/h1-21,32H,22H2,(H,38,42). The van der Waals surface area contributed by atoms with Gasteiger partial charge in [-0.1, -0.05) is 54.6 Å². The van der Waals surface area contributed by atoms with Crippen molar-refractivity contribution >= 4 is 23.2 Å². The third kappa shape index (κ3) is 6.33. The Balaban J connectivity index is 1.12. The minimum absolute atomic E-state index is 0.0663. The monoisotopic (exact) mass is 573 g/mol. The lowest BCUT2D eigenvalue weighted by Gasteiger charge is -2.16. The second-order valence-corrected chi connectivity index (χ2v) is 9.95. The lowest BCUT2D eigenvalue weighted by molar-refractivity contribution is 0.103. The molecular formula is C35H25F2N3O3. The van der Waals surface area contributed by atoms with Crippen molar-refractivity contribution in [1.29, 1.82) is 0 Å². The molecule has 43 heavy (non-hydrogen) atoms. The molecule has 0 radical (unpaired) electrons. The fourth-order valence-corrected chi connectivity index (χ4v) is 4.83. The van der Waals surface area contributed by atoms with Crippen molar-refractivity contribution in [3.05, 3.63) is 161 Å². The van der Waals surface area contributed by atoms with Crippen molar-refractivity contribution < 1.29 is 23.1 Å². The first-order chi connectivity index (χ1) is 20.9. The predicted octanol–water partition coefficient (Wildman–Crippen LogP) is 8.02. The summed E-state index contributed by atoms with van der Waals surface area (Å²) in [5.41, 5.74) is 3.76. The molecule has 0 saturated heterocycles. The topological polar surface area (TPSA) is 71.0 Å². The molecule has 8 heteroatoms. The van der Waals surface area contributed by atoms with Crippen LogP contribution in [0.15, 0.2) is 132 Å². The van der Waals surface area contributed by atoms with Crippen molar-refractivity contribution in [2.45, 2.75) is 5.92 Å². The van der Waals surface area contributed by atoms with E-state index in [0.717, 1.165) is 5.56 Å². The molecule has 1 atom stereocenters. The number of hydrazone groups is 1. The normalized spacial score (nSPS) is 14.2. The van der Waals surface area contributed by atoms with E-state index < -0.39 is 6.03 Å². The van der Waals surface area contributed by atoms with Crippen LogP contribution in [0.5, 0.6) is 11.5 Å². The number of urea groups is 1. The number of hydrogen-bond acceptors (Lipinski definition) is 4. The summed E-state index contributed by atoms with van der Waals surface area (Å²) in [7, 11) is 0. The highest BCUT2D eigenvalue weighted by molar-refractivity contribution is 6.09. The van der Waals surface area contributed by atoms with Gasteiger partial charge >= 0.3 is 6.03 Å². The summed E-state index contributed by atoms with van der Waals surface area (Å²) < 4.78 is 33.0. The number of benzene rings is 5. The molecule has 212 valence electrons. The van der Waals surface area contributed by atoms with Gasteiger partial charge in [0.15, 0.2) is 5.78 Å². The van der Waals surface area contributed by atoms with E-state index in [1.54, 1.807) is 84.9 Å². The smallest absolute Gasteiger partial charge is 0.342 e. The molecule has 1 heterocycles. The number of halogens is 2. The van der Waals surface area contributed by atoms with Crippen LogP contribution in [0.2, 0.25) is 0 Å². The molecule has 1 N–H and O–H groups in total. The maximum Gasteiger partial charge on any atom is 0.342 e. The lowest BCUT2D eigenvalue weighted by atomic mass is 9.90. The number of carbonyl (C=O) groups excluding carboxylic acids is 2. The molecule has 6 rings (SSSR count). The van der Waals surface area contributed by atoms with Gasteiger partial charge in [-0.15, -0.1) is 0 Å². The van der Waals surface area contributed by atoms with Gasteiger partial charge in [0.25, 0.3) is 0 Å². The number of nitrogens with zero attached hydrogens (tertiary/aromatic N) is 2. The van der Waals surface area contributed by atoms with Crippen LogP contribution in [0.4, 0.5) is 19.3 Å². The zero-order valence-electron chi connectivity index (χ0n) is 22.8. The summed E-state index contributed by atoms with van der Waals surface area (Å²) in [6, 6.07) is 34.3. The molecule has 5 aromatic rings. The summed E-state index contributed by atoms with van der Waals surface area (Å²) >= 11 is 0. The van der Waals surface area contributed by atoms with E-state index in [1.165, 1.54) is 29.3 Å². The van der Waals surface area contributed by atoms with Crippen LogP contribution in [0, 0.1) is 11.6 Å². The Morgan fingerprint density at radius 2 is 1.26 bits per heavy atom. The van der Waals surface area contributed by atoms with Gasteiger partial charge in [-0.2, -0.15) is 5.10 Å². The average molecular weight is 574 g/mol. The summed E-state index contributed by atoms with van der Waals surface area (Å²) in [4.78, 5) is 25.8. The molecule has 0 aromatic heterocycles. The van der Waals surface area contributed by atoms with Gasteiger partial charge in [-0.3, -0.25) is 4.79 Å². The number of amides is 2. The number of anilines is 1. The van der Waals surface area contributed by atoms with Crippen molar-refractivity contribution in [3.63, 3.8) is 0 Å². The van der Waals surface area contributed by atoms with Crippen molar-refractivity contribution in [2.24, 2.45) is 5.10 Å². The average Bonchev–Trinajstić information content (AvgIpc) is 3.49. The van der Waals surface area contributed by atoms with Gasteiger partial charge in [0.1, 0.15) is 23.1 Å². The van der Waals surface area contributed by atoms with Crippen LogP contribution < -0.4 is 10.1 Å². The lowest BCUT2D eigenvalue weighted by Crippen LogP contribution is -2.30. The van der Waals surface area contributed by atoms with Crippen LogP contribution in [-0.2, 0) is 0 Å². The van der Waals surface area contributed by atoms with E-state index in [2.05, 4.69) is 10.4 Å². The molecule has 0 saturated carbocycles.